The number of rotatable bonds is 7. The molecule has 3 amide bonds. The van der Waals surface area contributed by atoms with E-state index in [0.29, 0.717) is 30.4 Å². The first kappa shape index (κ1) is 21.3. The summed E-state index contributed by atoms with van der Waals surface area (Å²) in [7, 11) is 1.55. The zero-order valence-electron chi connectivity index (χ0n) is 17.4. The lowest BCUT2D eigenvalue weighted by Gasteiger charge is -2.16. The zero-order chi connectivity index (χ0) is 22.5. The Labute approximate surface area is 183 Å². The van der Waals surface area contributed by atoms with Gasteiger partial charge in [0.15, 0.2) is 5.82 Å². The summed E-state index contributed by atoms with van der Waals surface area (Å²) in [5.74, 6) is 0.746. The summed E-state index contributed by atoms with van der Waals surface area (Å²) >= 11 is 0. The summed E-state index contributed by atoms with van der Waals surface area (Å²) in [4.78, 5) is 30.5. The van der Waals surface area contributed by atoms with Gasteiger partial charge in [-0.3, -0.25) is 4.79 Å². The fraction of sp³-hybridized carbons (Fsp3) is 0.273. The molecule has 9 nitrogen and oxygen atoms in total. The number of nitrogens with zero attached hydrogens (tertiary/aromatic N) is 3. The van der Waals surface area contributed by atoms with Gasteiger partial charge in [-0.05, 0) is 29.8 Å². The smallest absolute Gasteiger partial charge is 0.319 e. The van der Waals surface area contributed by atoms with Crippen LogP contribution in [0.5, 0.6) is 5.75 Å². The third-order valence-electron chi connectivity index (χ3n) is 5.08. The number of urea groups is 1. The highest BCUT2D eigenvalue weighted by Crippen LogP contribution is 2.27. The van der Waals surface area contributed by atoms with Crippen molar-refractivity contribution in [1.29, 1.82) is 0 Å². The minimum atomic E-state index is -0.431. The Bertz CT molecular complexity index is 1100. The van der Waals surface area contributed by atoms with Crippen molar-refractivity contribution >= 4 is 17.6 Å². The SMILES string of the molecule is COc1cccc(NC(=O)NCc2nc(C3CC(=O)N(Cc4ccc(F)cc4)C3)no2)c1. The van der Waals surface area contributed by atoms with Gasteiger partial charge in [0, 0.05) is 37.2 Å². The molecule has 32 heavy (non-hydrogen) atoms. The number of likely N-dealkylation sites (tertiary alicyclic amines) is 1. The van der Waals surface area contributed by atoms with Gasteiger partial charge in [0.25, 0.3) is 0 Å². The largest absolute Gasteiger partial charge is 0.497 e. The van der Waals surface area contributed by atoms with Crippen LogP contribution in [0.15, 0.2) is 53.1 Å². The number of halogens is 1. The minimum absolute atomic E-state index is 0.0264. The standard InChI is InChI=1S/C22H22FN5O4/c1-31-18-4-2-3-17(10-18)25-22(30)24-11-19-26-21(27-32-19)15-9-20(29)28(13-15)12-14-5-7-16(23)8-6-14/h2-8,10,15H,9,11-13H2,1H3,(H2,24,25,30). The van der Waals surface area contributed by atoms with Crippen molar-refractivity contribution in [2.75, 3.05) is 19.0 Å². The first-order valence-corrected chi connectivity index (χ1v) is 10.0. The van der Waals surface area contributed by atoms with Crippen molar-refractivity contribution < 1.29 is 23.2 Å². The Morgan fingerprint density at radius 1 is 1.28 bits per heavy atom. The maximum atomic E-state index is 13.1. The molecule has 1 aliphatic rings. The van der Waals surface area contributed by atoms with Gasteiger partial charge in [-0.25, -0.2) is 9.18 Å². The van der Waals surface area contributed by atoms with Crippen LogP contribution in [-0.2, 0) is 17.9 Å². The van der Waals surface area contributed by atoms with Gasteiger partial charge in [-0.15, -0.1) is 0 Å². The molecule has 0 bridgehead atoms. The van der Waals surface area contributed by atoms with Crippen LogP contribution in [0.4, 0.5) is 14.9 Å². The van der Waals surface area contributed by atoms with E-state index in [4.69, 9.17) is 9.26 Å². The van der Waals surface area contributed by atoms with Crippen molar-refractivity contribution in [3.63, 3.8) is 0 Å². The monoisotopic (exact) mass is 439 g/mol. The topological polar surface area (TPSA) is 110 Å². The predicted molar refractivity (Wildman–Crippen MR) is 112 cm³/mol. The number of anilines is 1. The van der Waals surface area contributed by atoms with Crippen molar-refractivity contribution in [1.82, 2.24) is 20.4 Å². The average Bonchev–Trinajstić information content (AvgIpc) is 3.41. The average molecular weight is 439 g/mol. The summed E-state index contributed by atoms with van der Waals surface area (Å²) in [6, 6.07) is 12.6. The summed E-state index contributed by atoms with van der Waals surface area (Å²) < 4.78 is 23.4. The summed E-state index contributed by atoms with van der Waals surface area (Å²) in [5, 5.41) is 9.31. The summed E-state index contributed by atoms with van der Waals surface area (Å²) in [6.45, 7) is 0.883. The molecule has 3 aromatic rings. The molecule has 0 radical (unpaired) electrons. The number of ether oxygens (including phenoxy) is 1. The molecule has 4 rings (SSSR count). The molecule has 2 heterocycles. The third-order valence-corrected chi connectivity index (χ3v) is 5.08. The van der Waals surface area contributed by atoms with Gasteiger partial charge >= 0.3 is 6.03 Å². The van der Waals surface area contributed by atoms with Crippen LogP contribution in [0.1, 0.15) is 29.6 Å². The van der Waals surface area contributed by atoms with Crippen LogP contribution in [-0.4, -0.2) is 40.6 Å². The molecule has 0 spiro atoms. The molecule has 0 aliphatic carbocycles. The normalized spacial score (nSPS) is 15.6. The van der Waals surface area contributed by atoms with E-state index in [1.54, 1.807) is 48.4 Å². The second-order valence-electron chi connectivity index (χ2n) is 7.39. The second-order valence-corrected chi connectivity index (χ2v) is 7.39. The van der Waals surface area contributed by atoms with Gasteiger partial charge in [0.1, 0.15) is 11.6 Å². The number of hydrogen-bond acceptors (Lipinski definition) is 6. The molecule has 166 valence electrons. The summed E-state index contributed by atoms with van der Waals surface area (Å²) in [6.07, 6.45) is 0.268. The Kier molecular flexibility index (Phi) is 6.29. The van der Waals surface area contributed by atoms with Crippen LogP contribution >= 0.6 is 0 Å². The van der Waals surface area contributed by atoms with Gasteiger partial charge in [0.2, 0.25) is 11.8 Å². The van der Waals surface area contributed by atoms with Gasteiger partial charge < -0.3 is 24.8 Å². The fourth-order valence-corrected chi connectivity index (χ4v) is 3.45. The highest BCUT2D eigenvalue weighted by Gasteiger charge is 2.33. The quantitative estimate of drug-likeness (QED) is 0.586. The fourth-order valence-electron chi connectivity index (χ4n) is 3.45. The maximum Gasteiger partial charge on any atom is 0.319 e. The third kappa shape index (κ3) is 5.20. The Morgan fingerprint density at radius 2 is 2.09 bits per heavy atom. The van der Waals surface area contributed by atoms with E-state index in [1.807, 2.05) is 0 Å². The van der Waals surface area contributed by atoms with E-state index in [2.05, 4.69) is 20.8 Å². The van der Waals surface area contributed by atoms with E-state index in [0.717, 1.165) is 5.56 Å². The number of nitrogens with one attached hydrogen (secondary N) is 2. The molecule has 1 unspecified atom stereocenters. The van der Waals surface area contributed by atoms with Crippen molar-refractivity contribution in [2.45, 2.75) is 25.4 Å². The molecule has 1 atom stereocenters. The Morgan fingerprint density at radius 3 is 2.88 bits per heavy atom. The van der Waals surface area contributed by atoms with Gasteiger partial charge in [0.05, 0.1) is 13.7 Å². The number of carbonyl (C=O) groups is 2. The molecule has 1 saturated heterocycles. The van der Waals surface area contributed by atoms with Gasteiger partial charge in [-0.1, -0.05) is 23.4 Å². The molecular formula is C22H22FN5O4. The molecule has 10 heteroatoms. The van der Waals surface area contributed by atoms with Crippen LogP contribution < -0.4 is 15.4 Å². The van der Waals surface area contributed by atoms with Crippen molar-refractivity contribution in [3.8, 4) is 5.75 Å². The Hall–Kier alpha value is -3.95. The lowest BCUT2D eigenvalue weighted by molar-refractivity contribution is -0.128. The maximum absolute atomic E-state index is 13.1. The predicted octanol–water partition coefficient (Wildman–Crippen LogP) is 3.06. The lowest BCUT2D eigenvalue weighted by Crippen LogP contribution is -2.28. The first-order chi connectivity index (χ1) is 15.5. The van der Waals surface area contributed by atoms with E-state index in [9.17, 15) is 14.0 Å². The number of carbonyl (C=O) groups excluding carboxylic acids is 2. The molecule has 2 aromatic carbocycles. The molecule has 1 fully saturated rings. The Balaban J connectivity index is 1.29. The molecule has 2 N–H and O–H groups in total. The number of aromatic nitrogens is 2. The van der Waals surface area contributed by atoms with E-state index in [1.165, 1.54) is 12.1 Å². The highest BCUT2D eigenvalue weighted by molar-refractivity contribution is 5.89. The minimum Gasteiger partial charge on any atom is -0.497 e. The number of benzene rings is 2. The van der Waals surface area contributed by atoms with Crippen LogP contribution in [0.3, 0.4) is 0 Å². The lowest BCUT2D eigenvalue weighted by atomic mass is 10.1. The van der Waals surface area contributed by atoms with Crippen LogP contribution in [0.2, 0.25) is 0 Å². The van der Waals surface area contributed by atoms with E-state index < -0.39 is 6.03 Å². The zero-order valence-corrected chi connectivity index (χ0v) is 17.4. The van der Waals surface area contributed by atoms with Crippen LogP contribution in [0.25, 0.3) is 0 Å². The van der Waals surface area contributed by atoms with Gasteiger partial charge in [-0.2, -0.15) is 4.98 Å². The van der Waals surface area contributed by atoms with Crippen LogP contribution in [0, 0.1) is 5.82 Å². The van der Waals surface area contributed by atoms with Crippen molar-refractivity contribution in [3.05, 3.63) is 71.6 Å². The molecule has 1 aromatic heterocycles. The van der Waals surface area contributed by atoms with E-state index in [-0.39, 0.29) is 36.5 Å². The first-order valence-electron chi connectivity index (χ1n) is 10.0. The number of amides is 3. The molecular weight excluding hydrogens is 417 g/mol. The van der Waals surface area contributed by atoms with Crippen molar-refractivity contribution in [2.24, 2.45) is 0 Å². The number of hydrogen-bond donors (Lipinski definition) is 2. The number of methoxy groups -OCH3 is 1. The van der Waals surface area contributed by atoms with E-state index >= 15 is 0 Å². The molecule has 1 aliphatic heterocycles. The highest BCUT2D eigenvalue weighted by atomic mass is 19.1. The second kappa shape index (κ2) is 9.46. The summed E-state index contributed by atoms with van der Waals surface area (Å²) in [5.41, 5.74) is 1.43. The molecule has 0 saturated carbocycles.